The molecule has 0 bridgehead atoms. The first kappa shape index (κ1) is 16.4. The molecule has 0 saturated carbocycles. The zero-order valence-corrected chi connectivity index (χ0v) is 12.6. The number of benzene rings is 1. The molecule has 0 aliphatic heterocycles. The maximum absolute atomic E-state index is 11.6. The van der Waals surface area contributed by atoms with Crippen LogP contribution in [-0.2, 0) is 4.79 Å². The molecule has 0 radical (unpaired) electrons. The van der Waals surface area contributed by atoms with Crippen LogP contribution in [0.25, 0.3) is 0 Å². The van der Waals surface area contributed by atoms with Gasteiger partial charge < -0.3 is 15.3 Å². The minimum absolute atomic E-state index is 0.0396. The quantitative estimate of drug-likeness (QED) is 0.598. The second-order valence-electron chi connectivity index (χ2n) is 4.46. The van der Waals surface area contributed by atoms with E-state index in [1.807, 2.05) is 6.92 Å². The summed E-state index contributed by atoms with van der Waals surface area (Å²) < 4.78 is 0. The average Bonchev–Trinajstić information content (AvgIpc) is 2.42. The highest BCUT2D eigenvalue weighted by Gasteiger charge is 2.08. The third kappa shape index (κ3) is 6.47. The number of hydrogen-bond donors (Lipinski definition) is 2. The van der Waals surface area contributed by atoms with Gasteiger partial charge in [-0.3, -0.25) is 4.79 Å². The number of carbonyl (C=O) groups is 2. The molecule has 0 spiro atoms. The molecule has 0 unspecified atom stereocenters. The summed E-state index contributed by atoms with van der Waals surface area (Å²) in [6.45, 7) is 2.81. The van der Waals surface area contributed by atoms with Crippen LogP contribution in [0, 0.1) is 6.92 Å². The van der Waals surface area contributed by atoms with Crippen molar-refractivity contribution in [3.05, 3.63) is 29.8 Å². The molecule has 0 fully saturated rings. The standard InChI is InChI=1S/C14H20N2O3S/c1-11-3-5-12(6-4-11)20-10-8-15-14(19)16(2)9-7-13(17)18/h3-6H,7-10H2,1-2H3,(H,15,19)(H,17,18). The summed E-state index contributed by atoms with van der Waals surface area (Å²) in [7, 11) is 1.59. The van der Waals surface area contributed by atoms with E-state index in [9.17, 15) is 9.59 Å². The van der Waals surface area contributed by atoms with Crippen LogP contribution in [0.4, 0.5) is 4.79 Å². The molecule has 0 heterocycles. The van der Waals surface area contributed by atoms with Crippen LogP contribution in [-0.4, -0.2) is 47.9 Å². The lowest BCUT2D eigenvalue weighted by atomic mass is 10.2. The van der Waals surface area contributed by atoms with E-state index in [0.717, 1.165) is 5.75 Å². The zero-order valence-electron chi connectivity index (χ0n) is 11.8. The highest BCUT2D eigenvalue weighted by atomic mass is 32.2. The molecule has 5 nitrogen and oxygen atoms in total. The van der Waals surface area contributed by atoms with Gasteiger partial charge in [-0.15, -0.1) is 11.8 Å². The van der Waals surface area contributed by atoms with Crippen molar-refractivity contribution in [2.24, 2.45) is 0 Å². The van der Waals surface area contributed by atoms with E-state index in [0.29, 0.717) is 6.54 Å². The number of rotatable bonds is 7. The van der Waals surface area contributed by atoms with Gasteiger partial charge in [0.1, 0.15) is 0 Å². The number of urea groups is 1. The number of amides is 2. The molecule has 1 aromatic carbocycles. The second-order valence-corrected chi connectivity index (χ2v) is 5.63. The van der Waals surface area contributed by atoms with Crippen molar-refractivity contribution in [2.75, 3.05) is 25.9 Å². The smallest absolute Gasteiger partial charge is 0.317 e. The molecule has 6 heteroatoms. The van der Waals surface area contributed by atoms with Crippen LogP contribution in [0.1, 0.15) is 12.0 Å². The second kappa shape index (κ2) is 8.47. The van der Waals surface area contributed by atoms with Gasteiger partial charge in [0, 0.05) is 30.8 Å². The molecule has 0 aromatic heterocycles. The first-order valence-corrected chi connectivity index (χ1v) is 7.38. The number of nitrogens with one attached hydrogen (secondary N) is 1. The summed E-state index contributed by atoms with van der Waals surface area (Å²) in [4.78, 5) is 24.6. The molecule has 110 valence electrons. The van der Waals surface area contributed by atoms with E-state index in [4.69, 9.17) is 5.11 Å². The first-order chi connectivity index (χ1) is 9.49. The van der Waals surface area contributed by atoms with Crippen LogP contribution >= 0.6 is 11.8 Å². The van der Waals surface area contributed by atoms with Gasteiger partial charge >= 0.3 is 12.0 Å². The molecular formula is C14H20N2O3S. The topological polar surface area (TPSA) is 69.6 Å². The molecule has 1 aromatic rings. The van der Waals surface area contributed by atoms with Gasteiger partial charge in [0.15, 0.2) is 0 Å². The highest BCUT2D eigenvalue weighted by molar-refractivity contribution is 7.99. The van der Waals surface area contributed by atoms with Gasteiger partial charge in [-0.25, -0.2) is 4.79 Å². The predicted octanol–water partition coefficient (Wildman–Crippen LogP) is 2.20. The number of carbonyl (C=O) groups excluding carboxylic acids is 1. The minimum atomic E-state index is -0.903. The van der Waals surface area contributed by atoms with Gasteiger partial charge in [0.2, 0.25) is 0 Å². The van der Waals surface area contributed by atoms with Crippen molar-refractivity contribution < 1.29 is 14.7 Å². The maximum atomic E-state index is 11.6. The Morgan fingerprint density at radius 3 is 2.55 bits per heavy atom. The number of carboxylic acid groups (broad SMARTS) is 1. The van der Waals surface area contributed by atoms with E-state index in [2.05, 4.69) is 29.6 Å². The van der Waals surface area contributed by atoms with Gasteiger partial charge in [0.25, 0.3) is 0 Å². The number of aliphatic carboxylic acids is 1. The van der Waals surface area contributed by atoms with Crippen LogP contribution in [0.5, 0.6) is 0 Å². The fourth-order valence-corrected chi connectivity index (χ4v) is 2.23. The molecule has 0 aliphatic carbocycles. The zero-order chi connectivity index (χ0) is 15.0. The van der Waals surface area contributed by atoms with Crippen molar-refractivity contribution in [1.82, 2.24) is 10.2 Å². The minimum Gasteiger partial charge on any atom is -0.481 e. The van der Waals surface area contributed by atoms with Gasteiger partial charge in [-0.05, 0) is 19.1 Å². The Morgan fingerprint density at radius 2 is 1.95 bits per heavy atom. The Morgan fingerprint density at radius 1 is 1.30 bits per heavy atom. The molecule has 0 atom stereocenters. The van der Waals surface area contributed by atoms with Crippen LogP contribution in [0.3, 0.4) is 0 Å². The Bertz CT molecular complexity index is 448. The van der Waals surface area contributed by atoms with Crippen molar-refractivity contribution in [3.63, 3.8) is 0 Å². The molecule has 2 N–H and O–H groups in total. The lowest BCUT2D eigenvalue weighted by Crippen LogP contribution is -2.39. The molecular weight excluding hydrogens is 276 g/mol. The Balaban J connectivity index is 2.18. The number of carboxylic acids is 1. The number of thioether (sulfide) groups is 1. The predicted molar refractivity (Wildman–Crippen MR) is 80.2 cm³/mol. The summed E-state index contributed by atoms with van der Waals surface area (Å²) in [6.07, 6.45) is -0.0396. The van der Waals surface area contributed by atoms with Crippen molar-refractivity contribution in [3.8, 4) is 0 Å². The lowest BCUT2D eigenvalue weighted by molar-refractivity contribution is -0.137. The highest BCUT2D eigenvalue weighted by Crippen LogP contribution is 2.17. The maximum Gasteiger partial charge on any atom is 0.317 e. The molecule has 1 rings (SSSR count). The van der Waals surface area contributed by atoms with E-state index < -0.39 is 5.97 Å². The van der Waals surface area contributed by atoms with Crippen molar-refractivity contribution in [1.29, 1.82) is 0 Å². The number of hydrogen-bond acceptors (Lipinski definition) is 3. The van der Waals surface area contributed by atoms with Crippen LogP contribution in [0.15, 0.2) is 29.2 Å². The summed E-state index contributed by atoms with van der Waals surface area (Å²) in [5, 5.41) is 11.3. The van der Waals surface area contributed by atoms with Gasteiger partial charge in [-0.2, -0.15) is 0 Å². The SMILES string of the molecule is Cc1ccc(SCCNC(=O)N(C)CCC(=O)O)cc1. The Hall–Kier alpha value is -1.69. The van der Waals surface area contributed by atoms with E-state index in [1.54, 1.807) is 18.8 Å². The third-order valence-electron chi connectivity index (χ3n) is 2.68. The molecule has 2 amide bonds. The monoisotopic (exact) mass is 296 g/mol. The Kier molecular flexibility index (Phi) is 6.93. The third-order valence-corrected chi connectivity index (χ3v) is 3.69. The summed E-state index contributed by atoms with van der Waals surface area (Å²) >= 11 is 1.67. The summed E-state index contributed by atoms with van der Waals surface area (Å²) in [5.74, 6) is -0.124. The fraction of sp³-hybridized carbons (Fsp3) is 0.429. The van der Waals surface area contributed by atoms with Crippen molar-refractivity contribution in [2.45, 2.75) is 18.2 Å². The fourth-order valence-electron chi connectivity index (χ4n) is 1.46. The van der Waals surface area contributed by atoms with Gasteiger partial charge in [-0.1, -0.05) is 17.7 Å². The molecule has 0 aliphatic rings. The van der Waals surface area contributed by atoms with Crippen LogP contribution in [0.2, 0.25) is 0 Å². The normalized spacial score (nSPS) is 10.1. The summed E-state index contributed by atoms with van der Waals surface area (Å²) in [5.41, 5.74) is 1.22. The molecule has 20 heavy (non-hydrogen) atoms. The van der Waals surface area contributed by atoms with E-state index >= 15 is 0 Å². The van der Waals surface area contributed by atoms with Crippen molar-refractivity contribution >= 4 is 23.8 Å². The van der Waals surface area contributed by atoms with Gasteiger partial charge in [0.05, 0.1) is 6.42 Å². The summed E-state index contributed by atoms with van der Waals surface area (Å²) in [6, 6.07) is 7.98. The average molecular weight is 296 g/mol. The Labute approximate surface area is 123 Å². The number of aryl methyl sites for hydroxylation is 1. The first-order valence-electron chi connectivity index (χ1n) is 6.39. The van der Waals surface area contributed by atoms with Crippen LogP contribution < -0.4 is 5.32 Å². The van der Waals surface area contributed by atoms with E-state index in [1.165, 1.54) is 15.4 Å². The lowest BCUT2D eigenvalue weighted by Gasteiger charge is -2.16. The largest absolute Gasteiger partial charge is 0.481 e. The molecule has 0 saturated heterocycles. The number of nitrogens with zero attached hydrogens (tertiary/aromatic N) is 1. The van der Waals surface area contributed by atoms with E-state index in [-0.39, 0.29) is 19.0 Å².